The molecule has 5 N–H and O–H groups in total. The Morgan fingerprint density at radius 2 is 1.89 bits per heavy atom. The number of aliphatic imine (C=N–C) groups is 1. The summed E-state index contributed by atoms with van der Waals surface area (Å²) in [7, 11) is 0. The van der Waals surface area contributed by atoms with E-state index in [0.717, 1.165) is 64.0 Å². The van der Waals surface area contributed by atoms with Gasteiger partial charge in [0.05, 0.1) is 0 Å². The van der Waals surface area contributed by atoms with E-state index in [9.17, 15) is 4.79 Å². The molecule has 156 valence electrons. The molecule has 3 rings (SSSR count). The molecule has 1 amide bonds. The first kappa shape index (κ1) is 22.9. The zero-order valence-corrected chi connectivity index (χ0v) is 19.0. The Hall–Kier alpha value is -1.35. The summed E-state index contributed by atoms with van der Waals surface area (Å²) in [5.41, 5.74) is 15.4. The van der Waals surface area contributed by atoms with Crippen molar-refractivity contribution in [2.24, 2.45) is 22.4 Å². The van der Waals surface area contributed by atoms with Crippen molar-refractivity contribution in [3.8, 4) is 0 Å². The Balaban J connectivity index is 0.00000280. The van der Waals surface area contributed by atoms with Gasteiger partial charge in [-0.15, -0.1) is 24.0 Å². The predicted octanol–water partition coefficient (Wildman–Crippen LogP) is 2.89. The van der Waals surface area contributed by atoms with Crippen molar-refractivity contribution < 1.29 is 4.79 Å². The molecule has 0 bridgehead atoms. The van der Waals surface area contributed by atoms with Gasteiger partial charge in [0, 0.05) is 18.2 Å². The Morgan fingerprint density at radius 1 is 1.14 bits per heavy atom. The highest BCUT2D eigenvalue weighted by atomic mass is 127. The van der Waals surface area contributed by atoms with Crippen molar-refractivity contribution in [3.05, 3.63) is 29.3 Å². The third-order valence-corrected chi connectivity index (χ3v) is 5.81. The molecule has 0 saturated carbocycles. The van der Waals surface area contributed by atoms with E-state index in [4.69, 9.17) is 11.5 Å². The smallest absolute Gasteiger partial charge is 0.220 e. The Morgan fingerprint density at radius 3 is 2.64 bits per heavy atom. The van der Waals surface area contributed by atoms with Gasteiger partial charge in [-0.1, -0.05) is 12.1 Å². The maximum Gasteiger partial charge on any atom is 0.220 e. The van der Waals surface area contributed by atoms with Crippen molar-refractivity contribution in [2.45, 2.75) is 51.4 Å². The molecule has 28 heavy (non-hydrogen) atoms. The number of anilines is 1. The van der Waals surface area contributed by atoms with Crippen LogP contribution in [-0.4, -0.2) is 42.9 Å². The fourth-order valence-electron chi connectivity index (χ4n) is 4.16. The number of nitrogens with zero attached hydrogens (tertiary/aromatic N) is 2. The number of likely N-dealkylation sites (tertiary alicyclic amines) is 1. The van der Waals surface area contributed by atoms with Crippen LogP contribution in [-0.2, 0) is 17.6 Å². The van der Waals surface area contributed by atoms with Crippen molar-refractivity contribution in [3.63, 3.8) is 0 Å². The number of hydrogen-bond donors (Lipinski definition) is 3. The van der Waals surface area contributed by atoms with Crippen molar-refractivity contribution in [2.75, 3.05) is 31.5 Å². The van der Waals surface area contributed by atoms with Gasteiger partial charge in [0.1, 0.15) is 0 Å². The highest BCUT2D eigenvalue weighted by Gasteiger charge is 2.22. The molecule has 1 aromatic carbocycles. The number of amides is 1. The lowest BCUT2D eigenvalue weighted by Crippen LogP contribution is -2.38. The highest BCUT2D eigenvalue weighted by Crippen LogP contribution is 2.27. The number of unbranched alkanes of at least 4 members (excludes halogenated alkanes) is 1. The van der Waals surface area contributed by atoms with Crippen molar-refractivity contribution >= 4 is 41.5 Å². The summed E-state index contributed by atoms with van der Waals surface area (Å²) in [6.45, 7) is 3.74. The summed E-state index contributed by atoms with van der Waals surface area (Å²) in [5, 5.41) is 3.30. The number of aryl methyl sites for hydroxylation is 1. The molecule has 0 spiro atoms. The topological polar surface area (TPSA) is 96.7 Å². The minimum atomic E-state index is -0.147. The number of carbonyl (C=O) groups excluding carboxylic acids is 1. The standard InChI is InChI=1S/C21H33N5O.HI/c22-20(27)17-10-14-26(15-11-17)13-4-3-12-24-21(23)25-19-9-5-7-16-6-1-2-8-18(16)19;/h5,7,9,17H,1-4,6,8,10-15H2,(H2,22,27)(H3,23,24,25);1H. The van der Waals surface area contributed by atoms with Crippen LogP contribution in [0.3, 0.4) is 0 Å². The number of benzene rings is 1. The van der Waals surface area contributed by atoms with Crippen LogP contribution in [0.4, 0.5) is 5.69 Å². The first-order chi connectivity index (χ1) is 13.1. The van der Waals surface area contributed by atoms with Crippen LogP contribution in [0, 0.1) is 5.92 Å². The number of primary amides is 1. The molecule has 1 aromatic rings. The molecule has 0 radical (unpaired) electrons. The molecule has 0 atom stereocenters. The van der Waals surface area contributed by atoms with E-state index in [1.54, 1.807) is 0 Å². The lowest BCUT2D eigenvalue weighted by Gasteiger charge is -2.30. The number of hydrogen-bond acceptors (Lipinski definition) is 3. The number of rotatable bonds is 7. The number of piperidine rings is 1. The van der Waals surface area contributed by atoms with E-state index >= 15 is 0 Å². The predicted molar refractivity (Wildman–Crippen MR) is 126 cm³/mol. The van der Waals surface area contributed by atoms with Gasteiger partial charge in [-0.2, -0.15) is 0 Å². The average molecular weight is 499 g/mol. The number of carbonyl (C=O) groups is 1. The molecule has 1 aliphatic heterocycles. The summed E-state index contributed by atoms with van der Waals surface area (Å²) in [6, 6.07) is 6.42. The molecule has 1 aliphatic carbocycles. The largest absolute Gasteiger partial charge is 0.370 e. The second-order valence-electron chi connectivity index (χ2n) is 7.77. The SMILES string of the molecule is I.NC(=O)C1CCN(CCCCN=C(N)Nc2cccc3c2CCCC3)CC1. The van der Waals surface area contributed by atoms with Gasteiger partial charge in [0.15, 0.2) is 5.96 Å². The molecule has 0 aromatic heterocycles. The summed E-state index contributed by atoms with van der Waals surface area (Å²) < 4.78 is 0. The van der Waals surface area contributed by atoms with Crippen LogP contribution in [0.1, 0.15) is 49.7 Å². The summed E-state index contributed by atoms with van der Waals surface area (Å²) in [5.74, 6) is 0.434. The van der Waals surface area contributed by atoms with Crippen LogP contribution >= 0.6 is 24.0 Å². The molecule has 1 fully saturated rings. The van der Waals surface area contributed by atoms with Crippen LogP contribution in [0.25, 0.3) is 0 Å². The van der Waals surface area contributed by atoms with E-state index in [0.29, 0.717) is 5.96 Å². The molecule has 1 saturated heterocycles. The van der Waals surface area contributed by atoms with Crippen LogP contribution in [0.5, 0.6) is 0 Å². The fourth-order valence-corrected chi connectivity index (χ4v) is 4.16. The van der Waals surface area contributed by atoms with Gasteiger partial charge in [0.25, 0.3) is 0 Å². The maximum atomic E-state index is 11.2. The molecule has 1 heterocycles. The number of nitrogens with two attached hydrogens (primary N) is 2. The number of nitrogens with one attached hydrogen (secondary N) is 1. The monoisotopic (exact) mass is 499 g/mol. The van der Waals surface area contributed by atoms with E-state index < -0.39 is 0 Å². The summed E-state index contributed by atoms with van der Waals surface area (Å²) in [6.07, 6.45) is 8.72. The molecular weight excluding hydrogens is 465 g/mol. The lowest BCUT2D eigenvalue weighted by molar-refractivity contribution is -0.123. The van der Waals surface area contributed by atoms with E-state index in [1.165, 1.54) is 30.4 Å². The van der Waals surface area contributed by atoms with E-state index in [-0.39, 0.29) is 35.8 Å². The Bertz CT molecular complexity index is 671. The van der Waals surface area contributed by atoms with Gasteiger partial charge < -0.3 is 21.7 Å². The second-order valence-corrected chi connectivity index (χ2v) is 7.77. The zero-order chi connectivity index (χ0) is 19.1. The third-order valence-electron chi connectivity index (χ3n) is 5.81. The van der Waals surface area contributed by atoms with Crippen molar-refractivity contribution in [1.29, 1.82) is 0 Å². The summed E-state index contributed by atoms with van der Waals surface area (Å²) in [4.78, 5) is 18.1. The zero-order valence-electron chi connectivity index (χ0n) is 16.7. The average Bonchev–Trinajstić information content (AvgIpc) is 2.68. The first-order valence-corrected chi connectivity index (χ1v) is 10.3. The quantitative estimate of drug-likeness (QED) is 0.233. The van der Waals surface area contributed by atoms with Crippen LogP contribution < -0.4 is 16.8 Å². The third kappa shape index (κ3) is 6.62. The number of halogens is 1. The van der Waals surface area contributed by atoms with Crippen LogP contribution in [0.2, 0.25) is 0 Å². The minimum absolute atomic E-state index is 0. The molecule has 6 nitrogen and oxygen atoms in total. The maximum absolute atomic E-state index is 11.2. The Labute approximate surface area is 185 Å². The lowest BCUT2D eigenvalue weighted by atomic mass is 9.90. The fraction of sp³-hybridized carbons (Fsp3) is 0.619. The van der Waals surface area contributed by atoms with E-state index in [2.05, 4.69) is 33.4 Å². The molecular formula is C21H34IN5O. The van der Waals surface area contributed by atoms with Gasteiger partial charge in [-0.25, -0.2) is 0 Å². The first-order valence-electron chi connectivity index (χ1n) is 10.3. The molecule has 7 heteroatoms. The number of fused-ring (bicyclic) bond motifs is 1. The van der Waals surface area contributed by atoms with Gasteiger partial charge >= 0.3 is 0 Å². The van der Waals surface area contributed by atoms with Crippen LogP contribution in [0.15, 0.2) is 23.2 Å². The van der Waals surface area contributed by atoms with Gasteiger partial charge in [-0.05, 0) is 88.2 Å². The van der Waals surface area contributed by atoms with Gasteiger partial charge in [-0.3, -0.25) is 9.79 Å². The molecule has 2 aliphatic rings. The van der Waals surface area contributed by atoms with Crippen molar-refractivity contribution in [1.82, 2.24) is 4.90 Å². The minimum Gasteiger partial charge on any atom is -0.370 e. The summed E-state index contributed by atoms with van der Waals surface area (Å²) >= 11 is 0. The normalized spacial score (nSPS) is 18.2. The highest BCUT2D eigenvalue weighted by molar-refractivity contribution is 14.0. The van der Waals surface area contributed by atoms with E-state index in [1.807, 2.05) is 0 Å². The molecule has 0 unspecified atom stereocenters. The van der Waals surface area contributed by atoms with Gasteiger partial charge in [0.2, 0.25) is 5.91 Å². The number of guanidine groups is 1. The second kappa shape index (κ2) is 11.6. The Kier molecular flexibility index (Phi) is 9.50.